The van der Waals surface area contributed by atoms with Gasteiger partial charge in [0.05, 0.1) is 5.25 Å². The van der Waals surface area contributed by atoms with E-state index >= 15 is 0 Å². The molecule has 0 spiro atoms. The van der Waals surface area contributed by atoms with E-state index in [0.717, 1.165) is 18.5 Å². The second-order valence-corrected chi connectivity index (χ2v) is 8.74. The van der Waals surface area contributed by atoms with Crippen LogP contribution < -0.4 is 9.80 Å². The van der Waals surface area contributed by atoms with Crippen molar-refractivity contribution in [2.45, 2.75) is 48.7 Å². The normalized spacial score (nSPS) is 14.7. The van der Waals surface area contributed by atoms with Gasteiger partial charge in [0.25, 0.3) is 0 Å². The van der Waals surface area contributed by atoms with Gasteiger partial charge in [-0.1, -0.05) is 48.2 Å². The number of carbonyl (C=O) groups is 2. The number of thioether (sulfide) groups is 1. The molecule has 0 bridgehead atoms. The molecule has 1 saturated carbocycles. The molecule has 0 saturated heterocycles. The molecule has 2 amide bonds. The Balaban J connectivity index is 1.66. The van der Waals surface area contributed by atoms with Gasteiger partial charge in [0.15, 0.2) is 4.34 Å². The monoisotopic (exact) mass is 390 g/mol. The van der Waals surface area contributed by atoms with Gasteiger partial charge in [-0.25, -0.2) is 0 Å². The molecule has 1 aliphatic rings. The summed E-state index contributed by atoms with van der Waals surface area (Å²) in [5.74, 6) is 0.0785. The van der Waals surface area contributed by atoms with Gasteiger partial charge in [0.1, 0.15) is 0 Å². The van der Waals surface area contributed by atoms with Crippen molar-refractivity contribution in [3.8, 4) is 0 Å². The molecular formula is C18H22N4O2S2. The standard InChI is InChI=1S/C18H22N4O2S2/c1-4-15(23)22(14-10-11-14)17-19-20-18(26-17)25-12(2)16(24)21(3)13-8-6-5-7-9-13/h5-9,12,14H,4,10-11H2,1-3H3. The molecule has 1 aromatic heterocycles. The molecule has 8 heteroatoms. The number of hydrogen-bond donors (Lipinski definition) is 0. The topological polar surface area (TPSA) is 66.4 Å². The lowest BCUT2D eigenvalue weighted by atomic mass is 10.3. The van der Waals surface area contributed by atoms with E-state index in [2.05, 4.69) is 10.2 Å². The molecule has 6 nitrogen and oxygen atoms in total. The Bertz CT molecular complexity index is 777. The molecule has 1 aromatic carbocycles. The van der Waals surface area contributed by atoms with E-state index in [4.69, 9.17) is 0 Å². The van der Waals surface area contributed by atoms with Crippen LogP contribution in [-0.4, -0.2) is 40.4 Å². The first-order valence-corrected chi connectivity index (χ1v) is 10.4. The number of nitrogens with zero attached hydrogens (tertiary/aromatic N) is 4. The minimum atomic E-state index is -0.294. The van der Waals surface area contributed by atoms with Gasteiger partial charge in [-0.15, -0.1) is 10.2 Å². The highest BCUT2D eigenvalue weighted by molar-refractivity contribution is 8.02. The molecule has 138 valence electrons. The molecule has 0 N–H and O–H groups in total. The zero-order valence-corrected chi connectivity index (χ0v) is 16.7. The summed E-state index contributed by atoms with van der Waals surface area (Å²) in [4.78, 5) is 28.3. The Morgan fingerprint density at radius 3 is 2.58 bits per heavy atom. The van der Waals surface area contributed by atoms with Crippen molar-refractivity contribution in [1.29, 1.82) is 0 Å². The quantitative estimate of drug-likeness (QED) is 0.534. The average molecular weight is 391 g/mol. The molecular weight excluding hydrogens is 368 g/mol. The van der Waals surface area contributed by atoms with Crippen LogP contribution in [0, 0.1) is 0 Å². The highest BCUT2D eigenvalue weighted by Gasteiger charge is 2.35. The first-order valence-electron chi connectivity index (χ1n) is 8.66. The Kier molecular flexibility index (Phi) is 5.93. The van der Waals surface area contributed by atoms with Crippen LogP contribution in [0.25, 0.3) is 0 Å². The molecule has 0 aliphatic heterocycles. The van der Waals surface area contributed by atoms with Gasteiger partial charge in [-0.05, 0) is 31.9 Å². The zero-order chi connectivity index (χ0) is 18.7. The largest absolute Gasteiger partial charge is 0.315 e. The smallest absolute Gasteiger partial charge is 0.240 e. The summed E-state index contributed by atoms with van der Waals surface area (Å²) in [5, 5.41) is 8.72. The Morgan fingerprint density at radius 2 is 1.96 bits per heavy atom. The van der Waals surface area contributed by atoms with Crippen LogP contribution in [-0.2, 0) is 9.59 Å². The van der Waals surface area contributed by atoms with Crippen molar-refractivity contribution in [3.05, 3.63) is 30.3 Å². The number of rotatable bonds is 7. The minimum absolute atomic E-state index is 0.00151. The summed E-state index contributed by atoms with van der Waals surface area (Å²) >= 11 is 2.76. The summed E-state index contributed by atoms with van der Waals surface area (Å²) in [7, 11) is 1.77. The van der Waals surface area contributed by atoms with Crippen LogP contribution in [0.3, 0.4) is 0 Å². The Hall–Kier alpha value is -1.93. The van der Waals surface area contributed by atoms with Crippen LogP contribution in [0.15, 0.2) is 34.7 Å². The van der Waals surface area contributed by atoms with Crippen molar-refractivity contribution >= 4 is 45.7 Å². The van der Waals surface area contributed by atoms with Gasteiger partial charge in [-0.2, -0.15) is 0 Å². The third-order valence-corrected chi connectivity index (χ3v) is 6.28. The number of benzene rings is 1. The van der Waals surface area contributed by atoms with Gasteiger partial charge >= 0.3 is 0 Å². The van der Waals surface area contributed by atoms with E-state index in [0.29, 0.717) is 15.9 Å². The summed E-state index contributed by atoms with van der Waals surface area (Å²) < 4.78 is 0.705. The maximum absolute atomic E-state index is 12.7. The maximum Gasteiger partial charge on any atom is 0.240 e. The van der Waals surface area contributed by atoms with E-state index in [1.165, 1.54) is 23.1 Å². The SMILES string of the molecule is CCC(=O)N(c1nnc(SC(C)C(=O)N(C)c2ccccc2)s1)C1CC1. The number of anilines is 2. The second-order valence-electron chi connectivity index (χ2n) is 6.19. The van der Waals surface area contributed by atoms with Gasteiger partial charge in [0.2, 0.25) is 16.9 Å². The van der Waals surface area contributed by atoms with Crippen molar-refractivity contribution in [2.75, 3.05) is 16.8 Å². The summed E-state index contributed by atoms with van der Waals surface area (Å²) in [6.07, 6.45) is 2.49. The second kappa shape index (κ2) is 8.18. The molecule has 1 unspecified atom stereocenters. The lowest BCUT2D eigenvalue weighted by Gasteiger charge is -2.20. The first kappa shape index (κ1) is 18.8. The predicted molar refractivity (Wildman–Crippen MR) is 106 cm³/mol. The van der Waals surface area contributed by atoms with Gasteiger partial charge in [0, 0.05) is 25.2 Å². The Labute approximate surface area is 161 Å². The minimum Gasteiger partial charge on any atom is -0.315 e. The van der Waals surface area contributed by atoms with E-state index in [1.54, 1.807) is 16.8 Å². The molecule has 1 heterocycles. The van der Waals surface area contributed by atoms with E-state index in [-0.39, 0.29) is 23.1 Å². The van der Waals surface area contributed by atoms with Crippen molar-refractivity contribution in [2.24, 2.45) is 0 Å². The van der Waals surface area contributed by atoms with Gasteiger partial charge < -0.3 is 4.90 Å². The first-order chi connectivity index (χ1) is 12.5. The van der Waals surface area contributed by atoms with Crippen LogP contribution in [0.5, 0.6) is 0 Å². The number of para-hydroxylation sites is 1. The third-order valence-electron chi connectivity index (χ3n) is 4.18. The third kappa shape index (κ3) is 4.24. The summed E-state index contributed by atoms with van der Waals surface area (Å²) in [5.41, 5.74) is 0.858. The lowest BCUT2D eigenvalue weighted by molar-refractivity contribution is -0.118. The molecule has 2 aromatic rings. The number of hydrogen-bond acceptors (Lipinski definition) is 6. The summed E-state index contributed by atoms with van der Waals surface area (Å²) in [6.45, 7) is 3.72. The maximum atomic E-state index is 12.7. The molecule has 1 atom stereocenters. The highest BCUT2D eigenvalue weighted by atomic mass is 32.2. The van der Waals surface area contributed by atoms with Crippen molar-refractivity contribution < 1.29 is 9.59 Å². The number of amides is 2. The fourth-order valence-electron chi connectivity index (χ4n) is 2.57. The van der Waals surface area contributed by atoms with Crippen LogP contribution in [0.2, 0.25) is 0 Å². The zero-order valence-electron chi connectivity index (χ0n) is 15.1. The van der Waals surface area contributed by atoms with Crippen LogP contribution in [0.1, 0.15) is 33.1 Å². The molecule has 1 aliphatic carbocycles. The Morgan fingerprint density at radius 1 is 1.27 bits per heavy atom. The number of aromatic nitrogens is 2. The van der Waals surface area contributed by atoms with Crippen molar-refractivity contribution in [1.82, 2.24) is 10.2 Å². The van der Waals surface area contributed by atoms with Gasteiger partial charge in [-0.3, -0.25) is 14.5 Å². The average Bonchev–Trinajstić information content (AvgIpc) is 3.40. The highest BCUT2D eigenvalue weighted by Crippen LogP contribution is 2.37. The van der Waals surface area contributed by atoms with E-state index in [9.17, 15) is 9.59 Å². The van der Waals surface area contributed by atoms with Crippen molar-refractivity contribution in [3.63, 3.8) is 0 Å². The number of carbonyl (C=O) groups excluding carboxylic acids is 2. The van der Waals surface area contributed by atoms with Crippen LogP contribution in [0.4, 0.5) is 10.8 Å². The molecule has 3 rings (SSSR count). The summed E-state index contributed by atoms with van der Waals surface area (Å²) in [6, 6.07) is 9.81. The van der Waals surface area contributed by atoms with E-state index in [1.807, 2.05) is 44.2 Å². The lowest BCUT2D eigenvalue weighted by Crippen LogP contribution is -2.33. The molecule has 26 heavy (non-hydrogen) atoms. The fourth-order valence-corrected chi connectivity index (χ4v) is 4.74. The molecule has 0 radical (unpaired) electrons. The predicted octanol–water partition coefficient (Wildman–Crippen LogP) is 3.59. The van der Waals surface area contributed by atoms with E-state index < -0.39 is 0 Å². The molecule has 1 fully saturated rings. The van der Waals surface area contributed by atoms with Crippen LogP contribution >= 0.6 is 23.1 Å². The fraction of sp³-hybridized carbons (Fsp3) is 0.444.